The molecule has 1 atom stereocenters. The smallest absolute Gasteiger partial charge is 0.407 e. The van der Waals surface area contributed by atoms with Gasteiger partial charge in [-0.05, 0) is 25.1 Å². The predicted molar refractivity (Wildman–Crippen MR) is 120 cm³/mol. The second kappa shape index (κ2) is 8.42. The molecule has 1 aliphatic rings. The standard InChI is InChI=1S/C22H18F2N6O3S/c1-10-6-13(14(7-25)34-10)15-12-4-3-5-26-20(12)28-17(15)16-18(19(23)24)29-30-8-11(9-33-21(16)30)27-22(31)32-2/h3-6,11,19H,8-9H2,1-2H3,(H,26,28)(H,27,31)/t11-/m0/s1. The van der Waals surface area contributed by atoms with Crippen molar-refractivity contribution < 1.29 is 23.0 Å². The lowest BCUT2D eigenvalue weighted by Crippen LogP contribution is -2.44. The molecular formula is C22H18F2N6O3S. The van der Waals surface area contributed by atoms with Crippen LogP contribution in [0, 0.1) is 18.3 Å². The molecule has 2 N–H and O–H groups in total. The van der Waals surface area contributed by atoms with E-state index in [1.807, 2.05) is 19.1 Å². The first-order valence-corrected chi connectivity index (χ1v) is 11.1. The highest BCUT2D eigenvalue weighted by Crippen LogP contribution is 2.47. The summed E-state index contributed by atoms with van der Waals surface area (Å²) in [6.07, 6.45) is -1.95. The maximum absolute atomic E-state index is 14.2. The Bertz CT molecular complexity index is 1450. The van der Waals surface area contributed by atoms with Crippen molar-refractivity contribution in [3.8, 4) is 34.3 Å². The van der Waals surface area contributed by atoms with Gasteiger partial charge in [-0.2, -0.15) is 10.4 Å². The van der Waals surface area contributed by atoms with Crippen LogP contribution in [-0.4, -0.2) is 45.6 Å². The number of halogens is 2. The Morgan fingerprint density at radius 2 is 2.29 bits per heavy atom. The second-order valence-corrected chi connectivity index (χ2v) is 8.93. The molecule has 1 amide bonds. The Balaban J connectivity index is 1.73. The first-order valence-electron chi connectivity index (χ1n) is 10.2. The van der Waals surface area contributed by atoms with Gasteiger partial charge < -0.3 is 19.8 Å². The molecule has 0 spiro atoms. The van der Waals surface area contributed by atoms with Crippen LogP contribution in [0.4, 0.5) is 13.6 Å². The van der Waals surface area contributed by atoms with Gasteiger partial charge >= 0.3 is 6.09 Å². The highest BCUT2D eigenvalue weighted by Gasteiger charge is 2.34. The van der Waals surface area contributed by atoms with E-state index in [-0.39, 0.29) is 24.6 Å². The maximum atomic E-state index is 14.2. The number of aryl methyl sites for hydroxylation is 1. The van der Waals surface area contributed by atoms with Crippen molar-refractivity contribution in [2.24, 2.45) is 0 Å². The first kappa shape index (κ1) is 21.8. The number of hydrogen-bond donors (Lipinski definition) is 2. The van der Waals surface area contributed by atoms with Crippen molar-refractivity contribution in [2.75, 3.05) is 13.7 Å². The molecule has 5 heterocycles. The Labute approximate surface area is 195 Å². The van der Waals surface area contributed by atoms with E-state index in [9.17, 15) is 18.8 Å². The van der Waals surface area contributed by atoms with Crippen molar-refractivity contribution in [1.82, 2.24) is 25.1 Å². The Morgan fingerprint density at radius 3 is 3.03 bits per heavy atom. The summed E-state index contributed by atoms with van der Waals surface area (Å²) in [5, 5.41) is 17.1. The van der Waals surface area contributed by atoms with E-state index in [0.29, 0.717) is 32.7 Å². The zero-order valence-corrected chi connectivity index (χ0v) is 18.9. The molecule has 174 valence electrons. The van der Waals surface area contributed by atoms with E-state index in [1.165, 1.54) is 23.1 Å². The van der Waals surface area contributed by atoms with Crippen LogP contribution >= 0.6 is 11.3 Å². The van der Waals surface area contributed by atoms with Gasteiger partial charge in [0.25, 0.3) is 6.43 Å². The zero-order valence-electron chi connectivity index (χ0n) is 18.1. The molecule has 0 unspecified atom stereocenters. The Hall–Kier alpha value is -3.98. The van der Waals surface area contributed by atoms with Crippen LogP contribution in [0.5, 0.6) is 5.88 Å². The zero-order chi connectivity index (χ0) is 24.0. The number of rotatable bonds is 4. The highest BCUT2D eigenvalue weighted by molar-refractivity contribution is 7.13. The number of methoxy groups -OCH3 is 1. The van der Waals surface area contributed by atoms with E-state index in [0.717, 1.165) is 4.88 Å². The summed E-state index contributed by atoms with van der Waals surface area (Å²) in [5.74, 6) is 0.150. The van der Waals surface area contributed by atoms with Gasteiger partial charge in [-0.25, -0.2) is 23.2 Å². The van der Waals surface area contributed by atoms with Crippen LogP contribution in [-0.2, 0) is 11.3 Å². The minimum Gasteiger partial charge on any atom is -0.475 e. The third kappa shape index (κ3) is 3.54. The van der Waals surface area contributed by atoms with Gasteiger partial charge in [0.1, 0.15) is 28.9 Å². The third-order valence-corrected chi connectivity index (χ3v) is 6.46. The molecule has 4 aromatic heterocycles. The van der Waals surface area contributed by atoms with Crippen molar-refractivity contribution in [2.45, 2.75) is 25.9 Å². The highest BCUT2D eigenvalue weighted by atomic mass is 32.1. The van der Waals surface area contributed by atoms with Crippen LogP contribution in [0.25, 0.3) is 33.4 Å². The van der Waals surface area contributed by atoms with Gasteiger partial charge in [0.15, 0.2) is 0 Å². The van der Waals surface area contributed by atoms with E-state index in [2.05, 4.69) is 31.2 Å². The number of nitrogens with one attached hydrogen (secondary N) is 2. The molecule has 9 nitrogen and oxygen atoms in total. The monoisotopic (exact) mass is 484 g/mol. The number of alkyl halides is 2. The average molecular weight is 484 g/mol. The molecule has 1 aliphatic heterocycles. The molecule has 34 heavy (non-hydrogen) atoms. The molecule has 4 aromatic rings. The number of alkyl carbamates (subject to hydrolysis) is 1. The average Bonchev–Trinajstić information content (AvgIpc) is 3.50. The van der Waals surface area contributed by atoms with Crippen LogP contribution in [0.3, 0.4) is 0 Å². The third-order valence-electron chi connectivity index (χ3n) is 5.51. The number of fused-ring (bicyclic) bond motifs is 2. The minimum atomic E-state index is -2.89. The fourth-order valence-electron chi connectivity index (χ4n) is 4.15. The van der Waals surface area contributed by atoms with Gasteiger partial charge in [0.2, 0.25) is 5.88 Å². The van der Waals surface area contributed by atoms with Crippen molar-refractivity contribution in [3.05, 3.63) is 39.8 Å². The minimum absolute atomic E-state index is 0.0469. The number of H-pyrrole nitrogens is 1. The van der Waals surface area contributed by atoms with Gasteiger partial charge in [0.05, 0.1) is 31.0 Å². The fourth-order valence-corrected chi connectivity index (χ4v) is 4.96. The topological polar surface area (TPSA) is 118 Å². The van der Waals surface area contributed by atoms with Crippen molar-refractivity contribution in [3.63, 3.8) is 0 Å². The predicted octanol–water partition coefficient (Wildman–Crippen LogP) is 4.39. The van der Waals surface area contributed by atoms with E-state index < -0.39 is 24.3 Å². The van der Waals surface area contributed by atoms with Crippen LogP contribution in [0.2, 0.25) is 0 Å². The molecule has 0 fully saturated rings. The lowest BCUT2D eigenvalue weighted by molar-refractivity contribution is 0.138. The number of pyridine rings is 1. The molecule has 0 saturated heterocycles. The SMILES string of the molecule is COC(=O)N[C@@H]1COc2c(-c3[nH]c4ncccc4c3-c3cc(C)sc3C#N)c(C(F)F)nn2C1. The summed E-state index contributed by atoms with van der Waals surface area (Å²) in [6.45, 7) is 2.05. The van der Waals surface area contributed by atoms with Gasteiger partial charge in [0, 0.05) is 27.6 Å². The molecular weight excluding hydrogens is 466 g/mol. The molecule has 0 radical (unpaired) electrons. The van der Waals surface area contributed by atoms with Gasteiger partial charge in [-0.3, -0.25) is 0 Å². The number of nitrogens with zero attached hydrogens (tertiary/aromatic N) is 4. The summed E-state index contributed by atoms with van der Waals surface area (Å²) >= 11 is 1.33. The summed E-state index contributed by atoms with van der Waals surface area (Å²) in [7, 11) is 1.23. The van der Waals surface area contributed by atoms with Crippen molar-refractivity contribution >= 4 is 28.5 Å². The molecule has 5 rings (SSSR count). The summed E-state index contributed by atoms with van der Waals surface area (Å²) in [5.41, 5.74) is 1.68. The molecule has 0 aliphatic carbocycles. The number of carbonyl (C=O) groups is 1. The molecule has 12 heteroatoms. The molecule has 0 aromatic carbocycles. The van der Waals surface area contributed by atoms with E-state index in [1.54, 1.807) is 12.3 Å². The quantitative estimate of drug-likeness (QED) is 0.444. The summed E-state index contributed by atoms with van der Waals surface area (Å²) < 4.78 is 40.2. The summed E-state index contributed by atoms with van der Waals surface area (Å²) in [6, 6.07) is 7.12. The molecule has 0 saturated carbocycles. The number of nitriles is 1. The molecule has 0 bridgehead atoms. The number of hydrogen-bond acceptors (Lipinski definition) is 7. The Morgan fingerprint density at radius 1 is 1.47 bits per heavy atom. The lowest BCUT2D eigenvalue weighted by Gasteiger charge is -2.25. The largest absolute Gasteiger partial charge is 0.475 e. The number of carbonyl (C=O) groups excluding carboxylic acids is 1. The normalized spacial score (nSPS) is 15.1. The second-order valence-electron chi connectivity index (χ2n) is 7.68. The fraction of sp³-hybridized carbons (Fsp3) is 0.273. The van der Waals surface area contributed by atoms with Crippen LogP contribution in [0.15, 0.2) is 24.4 Å². The van der Waals surface area contributed by atoms with Crippen LogP contribution < -0.4 is 10.1 Å². The van der Waals surface area contributed by atoms with E-state index in [4.69, 9.17) is 4.74 Å². The number of aromatic amines is 1. The number of amides is 1. The van der Waals surface area contributed by atoms with Gasteiger partial charge in [-0.1, -0.05) is 0 Å². The van der Waals surface area contributed by atoms with Crippen molar-refractivity contribution in [1.29, 1.82) is 5.26 Å². The number of ether oxygens (including phenoxy) is 2. The van der Waals surface area contributed by atoms with E-state index >= 15 is 0 Å². The first-order chi connectivity index (χ1) is 16.4. The van der Waals surface area contributed by atoms with Gasteiger partial charge in [-0.15, -0.1) is 11.3 Å². The maximum Gasteiger partial charge on any atom is 0.407 e. The number of aromatic nitrogens is 4. The lowest BCUT2D eigenvalue weighted by atomic mass is 9.99. The number of thiophene rings is 1. The summed E-state index contributed by atoms with van der Waals surface area (Å²) in [4.78, 5) is 20.5. The van der Waals surface area contributed by atoms with Crippen LogP contribution in [0.1, 0.15) is 21.9 Å². The Kier molecular flexibility index (Phi) is 5.41.